The second-order valence-corrected chi connectivity index (χ2v) is 11.1. The summed E-state index contributed by atoms with van der Waals surface area (Å²) in [4.78, 5) is 1.48. The molecular formula is C21H23F5N4O4S. The number of benzene rings is 1. The van der Waals surface area contributed by atoms with Crippen molar-refractivity contribution in [2.24, 2.45) is 5.73 Å². The van der Waals surface area contributed by atoms with Gasteiger partial charge in [-0.15, -0.1) is 0 Å². The molecule has 0 bridgehead atoms. The highest BCUT2D eigenvalue weighted by Crippen LogP contribution is 2.42. The lowest BCUT2D eigenvalue weighted by Gasteiger charge is -2.44. The molecule has 2 saturated heterocycles. The van der Waals surface area contributed by atoms with E-state index in [0.717, 1.165) is 22.3 Å². The summed E-state index contributed by atoms with van der Waals surface area (Å²) in [6, 6.07) is 0.209. The lowest BCUT2D eigenvalue weighted by Crippen LogP contribution is -2.58. The van der Waals surface area contributed by atoms with E-state index >= 15 is 0 Å². The minimum atomic E-state index is -4.81. The number of nitrogens with two attached hydrogens (primary N) is 1. The molecule has 1 aromatic heterocycles. The van der Waals surface area contributed by atoms with Gasteiger partial charge < -0.3 is 15.2 Å². The second-order valence-electron chi connectivity index (χ2n) is 9.06. The van der Waals surface area contributed by atoms with E-state index in [9.17, 15) is 30.4 Å². The lowest BCUT2D eigenvalue weighted by atomic mass is 9.89. The summed E-state index contributed by atoms with van der Waals surface area (Å²) in [5.74, 6) is -1.72. The summed E-state index contributed by atoms with van der Waals surface area (Å²) in [6.07, 6.45) is -7.14. The van der Waals surface area contributed by atoms with Crippen LogP contribution in [0.4, 0.5) is 22.0 Å². The normalized spacial score (nSPS) is 30.1. The van der Waals surface area contributed by atoms with Gasteiger partial charge in [-0.05, 0) is 31.0 Å². The Morgan fingerprint density at radius 1 is 1.17 bits per heavy atom. The first-order valence-corrected chi connectivity index (χ1v) is 12.5. The third-order valence-corrected chi connectivity index (χ3v) is 8.68. The number of alkyl halides is 3. The van der Waals surface area contributed by atoms with Crippen molar-refractivity contribution < 1.29 is 39.8 Å². The number of ether oxygens (including phenoxy) is 2. The van der Waals surface area contributed by atoms with Crippen molar-refractivity contribution in [1.82, 2.24) is 14.1 Å². The zero-order valence-electron chi connectivity index (χ0n) is 18.3. The monoisotopic (exact) mass is 522 g/mol. The van der Waals surface area contributed by atoms with E-state index in [-0.39, 0.29) is 31.7 Å². The van der Waals surface area contributed by atoms with Crippen LogP contribution in [0.5, 0.6) is 0 Å². The van der Waals surface area contributed by atoms with Gasteiger partial charge in [-0.3, -0.25) is 4.90 Å². The average molecular weight is 522 g/mol. The number of fused-ring (bicyclic) bond motifs is 1. The van der Waals surface area contributed by atoms with Crippen molar-refractivity contribution in [2.75, 3.05) is 13.2 Å². The quantitative estimate of drug-likeness (QED) is 0.615. The molecule has 14 heteroatoms. The standard InChI is InChI=1S/C21H23F5N4O4S/c22-12-1-2-15(23)14(5-12)19-16(27)6-18(20(34-19)21(24,25)26)29-7-11-8-30(28-17(11)9-29)35(31,32)13-3-4-33-10-13/h1-2,5,8,13,16,18-20H,3-4,6-7,9-10,27H2/t13?,16-,18+,19+,20+/m0/s1. The molecule has 1 aromatic carbocycles. The summed E-state index contributed by atoms with van der Waals surface area (Å²) >= 11 is 0. The first kappa shape index (κ1) is 24.6. The molecule has 0 saturated carbocycles. The second kappa shape index (κ2) is 8.76. The Morgan fingerprint density at radius 2 is 1.94 bits per heavy atom. The first-order valence-electron chi connectivity index (χ1n) is 11.0. The van der Waals surface area contributed by atoms with Crippen LogP contribution in [0, 0.1) is 11.6 Å². The number of hydrogen-bond donors (Lipinski definition) is 1. The topological polar surface area (TPSA) is 99.7 Å². The SMILES string of the molecule is N[C@H]1C[C@@H](N2Cc3cn(S(=O)(=O)C4CCOC4)nc3C2)[C@H](C(F)(F)F)O[C@@H]1c1cc(F)ccc1F. The van der Waals surface area contributed by atoms with Crippen LogP contribution >= 0.6 is 0 Å². The average Bonchev–Trinajstić information content (AvgIpc) is 3.51. The van der Waals surface area contributed by atoms with Crippen molar-refractivity contribution in [2.45, 2.75) is 61.6 Å². The molecule has 0 aliphatic carbocycles. The van der Waals surface area contributed by atoms with Crippen molar-refractivity contribution in [3.63, 3.8) is 0 Å². The summed E-state index contributed by atoms with van der Waals surface area (Å²) in [7, 11) is -3.78. The Balaban J connectivity index is 1.37. The van der Waals surface area contributed by atoms with Gasteiger partial charge in [0.15, 0.2) is 6.10 Å². The van der Waals surface area contributed by atoms with E-state index in [1.54, 1.807) is 0 Å². The zero-order chi connectivity index (χ0) is 25.1. The molecule has 35 heavy (non-hydrogen) atoms. The maximum absolute atomic E-state index is 14.3. The van der Waals surface area contributed by atoms with Gasteiger partial charge in [0, 0.05) is 49.1 Å². The molecule has 0 amide bonds. The van der Waals surface area contributed by atoms with Gasteiger partial charge in [-0.1, -0.05) is 0 Å². The Labute approximate surface area is 197 Å². The maximum Gasteiger partial charge on any atom is 0.416 e. The van der Waals surface area contributed by atoms with Crippen LogP contribution in [0.15, 0.2) is 24.4 Å². The predicted octanol–water partition coefficient (Wildman–Crippen LogP) is 2.23. The largest absolute Gasteiger partial charge is 0.416 e. The predicted molar refractivity (Wildman–Crippen MR) is 111 cm³/mol. The Hall–Kier alpha value is -2.13. The van der Waals surface area contributed by atoms with E-state index in [0.29, 0.717) is 24.3 Å². The molecule has 0 radical (unpaired) electrons. The Morgan fingerprint density at radius 3 is 2.60 bits per heavy atom. The highest BCUT2D eigenvalue weighted by molar-refractivity contribution is 7.90. The van der Waals surface area contributed by atoms with Gasteiger partial charge in [-0.2, -0.15) is 22.4 Å². The number of rotatable bonds is 4. The van der Waals surface area contributed by atoms with Crippen molar-refractivity contribution in [3.05, 3.63) is 52.9 Å². The molecular weight excluding hydrogens is 499 g/mol. The summed E-state index contributed by atoms with van der Waals surface area (Å²) in [5, 5.41) is 3.41. The van der Waals surface area contributed by atoms with Gasteiger partial charge in [0.05, 0.1) is 12.3 Å². The molecule has 2 N–H and O–H groups in total. The van der Waals surface area contributed by atoms with E-state index < -0.39 is 57.4 Å². The molecule has 4 heterocycles. The van der Waals surface area contributed by atoms with E-state index in [1.165, 1.54) is 11.1 Å². The molecule has 192 valence electrons. The van der Waals surface area contributed by atoms with Crippen molar-refractivity contribution in [3.8, 4) is 0 Å². The molecule has 3 aliphatic rings. The molecule has 3 aliphatic heterocycles. The third-order valence-electron chi connectivity index (χ3n) is 6.75. The number of hydrogen-bond acceptors (Lipinski definition) is 7. The fraction of sp³-hybridized carbons (Fsp3) is 0.571. The molecule has 5 rings (SSSR count). The van der Waals surface area contributed by atoms with Crippen LogP contribution in [0.2, 0.25) is 0 Å². The highest BCUT2D eigenvalue weighted by atomic mass is 32.2. The molecule has 2 fully saturated rings. The van der Waals surface area contributed by atoms with Crippen LogP contribution in [0.1, 0.15) is 35.8 Å². The highest BCUT2D eigenvalue weighted by Gasteiger charge is 2.54. The van der Waals surface area contributed by atoms with Crippen molar-refractivity contribution >= 4 is 10.0 Å². The van der Waals surface area contributed by atoms with Gasteiger partial charge in [-0.25, -0.2) is 17.2 Å². The molecule has 8 nitrogen and oxygen atoms in total. The fourth-order valence-corrected chi connectivity index (χ4v) is 6.42. The smallest absolute Gasteiger partial charge is 0.380 e. The molecule has 5 atom stereocenters. The van der Waals surface area contributed by atoms with Gasteiger partial charge in [0.25, 0.3) is 10.0 Å². The van der Waals surface area contributed by atoms with Gasteiger partial charge >= 0.3 is 6.18 Å². The molecule has 1 unspecified atom stereocenters. The van der Waals surface area contributed by atoms with Crippen LogP contribution in [0.25, 0.3) is 0 Å². The van der Waals surface area contributed by atoms with Crippen molar-refractivity contribution in [1.29, 1.82) is 0 Å². The summed E-state index contributed by atoms with van der Waals surface area (Å²) in [5.41, 5.74) is 6.57. The number of aromatic nitrogens is 2. The van der Waals surface area contributed by atoms with E-state index in [2.05, 4.69) is 5.10 Å². The van der Waals surface area contributed by atoms with Gasteiger partial charge in [0.1, 0.15) is 23.0 Å². The molecule has 2 aromatic rings. The molecule has 0 spiro atoms. The third kappa shape index (κ3) is 4.46. The van der Waals surface area contributed by atoms with E-state index in [4.69, 9.17) is 15.2 Å². The van der Waals surface area contributed by atoms with Gasteiger partial charge in [0.2, 0.25) is 0 Å². The lowest BCUT2D eigenvalue weighted by molar-refractivity contribution is -0.269. The fourth-order valence-electron chi connectivity index (χ4n) is 4.97. The van der Waals surface area contributed by atoms with Crippen LogP contribution in [0.3, 0.4) is 0 Å². The number of nitrogens with zero attached hydrogens (tertiary/aromatic N) is 3. The summed E-state index contributed by atoms with van der Waals surface area (Å²) in [6.45, 7) is 0.375. The van der Waals surface area contributed by atoms with E-state index in [1.807, 2.05) is 0 Å². The maximum atomic E-state index is 14.3. The first-order chi connectivity index (χ1) is 16.4. The summed E-state index contributed by atoms with van der Waals surface area (Å²) < 4.78 is 107. The zero-order valence-corrected chi connectivity index (χ0v) is 19.1. The van der Waals surface area contributed by atoms with Crippen LogP contribution in [-0.4, -0.2) is 65.3 Å². The Kier molecular flexibility index (Phi) is 6.15. The minimum Gasteiger partial charge on any atom is -0.380 e. The number of halogens is 5. The minimum absolute atomic E-state index is 0.0122. The van der Waals surface area contributed by atoms with Crippen LogP contribution in [-0.2, 0) is 32.6 Å². The Bertz CT molecular complexity index is 1190. The van der Waals surface area contributed by atoms with Crippen LogP contribution < -0.4 is 5.73 Å².